The maximum Gasteiger partial charge on any atom is 0.167 e. The highest BCUT2D eigenvalue weighted by Crippen LogP contribution is 2.65. The highest BCUT2D eigenvalue weighted by molar-refractivity contribution is 6.04. The quantitative estimate of drug-likeness (QED) is 0.837. The lowest BCUT2D eigenvalue weighted by molar-refractivity contribution is -0.125. The number of anilines is 1. The van der Waals surface area contributed by atoms with Gasteiger partial charge in [0.1, 0.15) is 5.75 Å². The first-order valence-electron chi connectivity index (χ1n) is 8.14. The van der Waals surface area contributed by atoms with Gasteiger partial charge >= 0.3 is 0 Å². The van der Waals surface area contributed by atoms with Crippen molar-refractivity contribution in [3.8, 4) is 5.75 Å². The Morgan fingerprint density at radius 1 is 1.27 bits per heavy atom. The number of nitrogens with one attached hydrogen (secondary N) is 1. The third-order valence-corrected chi connectivity index (χ3v) is 5.92. The highest BCUT2D eigenvalue weighted by atomic mass is 16.5. The minimum atomic E-state index is -0.190. The molecule has 0 unspecified atom stereocenters. The van der Waals surface area contributed by atoms with Crippen LogP contribution in [0.3, 0.4) is 0 Å². The largest absolute Gasteiger partial charge is 0.494 e. The predicted molar refractivity (Wildman–Crippen MR) is 88.9 cm³/mol. The van der Waals surface area contributed by atoms with E-state index in [1.807, 2.05) is 37.4 Å². The highest BCUT2D eigenvalue weighted by Gasteiger charge is 2.63. The third kappa shape index (κ3) is 2.06. The van der Waals surface area contributed by atoms with E-state index in [1.165, 1.54) is 0 Å². The second-order valence-electron chi connectivity index (χ2n) is 7.18. The summed E-state index contributed by atoms with van der Waals surface area (Å²) in [5, 5.41) is 3.29. The van der Waals surface area contributed by atoms with Crippen molar-refractivity contribution >= 4 is 11.5 Å². The van der Waals surface area contributed by atoms with Crippen LogP contribution in [0.25, 0.3) is 0 Å². The summed E-state index contributed by atoms with van der Waals surface area (Å²) in [5.41, 5.74) is 1.82. The fourth-order valence-corrected chi connectivity index (χ4v) is 4.07. The van der Waals surface area contributed by atoms with E-state index in [4.69, 9.17) is 4.74 Å². The number of ether oxygens (including phenoxy) is 1. The van der Waals surface area contributed by atoms with Gasteiger partial charge in [0.05, 0.1) is 6.61 Å². The van der Waals surface area contributed by atoms with Gasteiger partial charge in [-0.15, -0.1) is 0 Å². The Morgan fingerprint density at radius 3 is 2.50 bits per heavy atom. The van der Waals surface area contributed by atoms with Crippen molar-refractivity contribution in [3.63, 3.8) is 0 Å². The van der Waals surface area contributed by atoms with Gasteiger partial charge in [0.15, 0.2) is 5.78 Å². The summed E-state index contributed by atoms with van der Waals surface area (Å²) < 4.78 is 5.44. The zero-order chi connectivity index (χ0) is 16.0. The zero-order valence-corrected chi connectivity index (χ0v) is 13.9. The molecule has 1 N–H and O–H groups in total. The Balaban J connectivity index is 1.78. The summed E-state index contributed by atoms with van der Waals surface area (Å²) in [4.78, 5) is 12.7. The molecular weight excluding hydrogens is 274 g/mol. The molecule has 0 aromatic heterocycles. The van der Waals surface area contributed by atoms with Crippen LogP contribution in [0, 0.1) is 16.7 Å². The molecule has 2 aliphatic carbocycles. The minimum absolute atomic E-state index is 0.0659. The normalized spacial score (nSPS) is 30.8. The lowest BCUT2D eigenvalue weighted by Crippen LogP contribution is -2.32. The van der Waals surface area contributed by atoms with Crippen molar-refractivity contribution in [2.24, 2.45) is 16.7 Å². The summed E-state index contributed by atoms with van der Waals surface area (Å²) in [6, 6.07) is 7.84. The lowest BCUT2D eigenvalue weighted by Gasteiger charge is -2.31. The van der Waals surface area contributed by atoms with Gasteiger partial charge in [-0.05, 0) is 55.4 Å². The molecule has 2 aliphatic rings. The van der Waals surface area contributed by atoms with Gasteiger partial charge < -0.3 is 10.1 Å². The van der Waals surface area contributed by atoms with Gasteiger partial charge in [-0.25, -0.2) is 0 Å². The number of ketones is 1. The van der Waals surface area contributed by atoms with Crippen LogP contribution in [0.15, 0.2) is 36.0 Å². The number of fused-ring (bicyclic) bond motifs is 2. The van der Waals surface area contributed by atoms with Crippen LogP contribution >= 0.6 is 0 Å². The maximum absolute atomic E-state index is 12.7. The van der Waals surface area contributed by atoms with Gasteiger partial charge in [-0.3, -0.25) is 4.79 Å². The number of hydrogen-bond donors (Lipinski definition) is 1. The molecule has 0 saturated heterocycles. The molecule has 118 valence electrons. The van der Waals surface area contributed by atoms with E-state index in [9.17, 15) is 4.79 Å². The zero-order valence-electron chi connectivity index (χ0n) is 13.9. The maximum atomic E-state index is 12.7. The van der Waals surface area contributed by atoms with Crippen LogP contribution < -0.4 is 10.1 Å². The van der Waals surface area contributed by atoms with E-state index < -0.39 is 0 Å². The monoisotopic (exact) mass is 299 g/mol. The van der Waals surface area contributed by atoms with Crippen LogP contribution in [-0.2, 0) is 4.79 Å². The molecule has 3 rings (SSSR count). The fourth-order valence-electron chi connectivity index (χ4n) is 4.07. The molecule has 0 heterocycles. The Kier molecular flexibility index (Phi) is 3.54. The van der Waals surface area contributed by atoms with Gasteiger partial charge in [0.25, 0.3) is 0 Å². The average Bonchev–Trinajstić information content (AvgIpc) is 2.80. The number of carbonyl (C=O) groups is 1. The Labute approximate surface area is 132 Å². The second kappa shape index (κ2) is 5.15. The topological polar surface area (TPSA) is 38.3 Å². The summed E-state index contributed by atoms with van der Waals surface area (Å²) in [5.74, 6) is 1.57. The smallest absolute Gasteiger partial charge is 0.167 e. The van der Waals surface area contributed by atoms with Gasteiger partial charge in [0, 0.05) is 22.9 Å². The van der Waals surface area contributed by atoms with Crippen LogP contribution in [0.1, 0.15) is 40.5 Å². The standard InChI is InChI=1S/C19H25NO2/c1-5-22-14-8-6-13(7-9-14)20-12-15-16-10-11-19(4,17(15)21)18(16,2)3/h6-9,12,16,20H,5,10-11H2,1-4H3/b15-12+/t16-,19+/m1/s1. The summed E-state index contributed by atoms with van der Waals surface area (Å²) in [7, 11) is 0. The Morgan fingerprint density at radius 2 is 1.95 bits per heavy atom. The molecule has 2 saturated carbocycles. The molecule has 2 atom stereocenters. The van der Waals surface area contributed by atoms with Gasteiger partial charge in [0.2, 0.25) is 0 Å². The van der Waals surface area contributed by atoms with Crippen molar-refractivity contribution in [1.82, 2.24) is 0 Å². The molecule has 0 spiro atoms. The first-order chi connectivity index (χ1) is 10.4. The van der Waals surface area contributed by atoms with Crippen LogP contribution in [0.4, 0.5) is 5.69 Å². The second-order valence-corrected chi connectivity index (χ2v) is 7.18. The third-order valence-electron chi connectivity index (χ3n) is 5.92. The molecule has 3 nitrogen and oxygen atoms in total. The first kappa shape index (κ1) is 15.1. The molecule has 2 bridgehead atoms. The van der Waals surface area contributed by atoms with E-state index in [0.29, 0.717) is 18.3 Å². The predicted octanol–water partition coefficient (Wildman–Crippen LogP) is 4.41. The molecular formula is C19H25NO2. The first-order valence-corrected chi connectivity index (χ1v) is 8.14. The minimum Gasteiger partial charge on any atom is -0.494 e. The van der Waals surface area contributed by atoms with E-state index in [-0.39, 0.29) is 10.8 Å². The summed E-state index contributed by atoms with van der Waals surface area (Å²) in [6.07, 6.45) is 4.06. The van der Waals surface area contributed by atoms with Crippen molar-refractivity contribution < 1.29 is 9.53 Å². The van der Waals surface area contributed by atoms with E-state index in [2.05, 4.69) is 26.1 Å². The van der Waals surface area contributed by atoms with Crippen molar-refractivity contribution in [1.29, 1.82) is 0 Å². The summed E-state index contributed by atoms with van der Waals surface area (Å²) >= 11 is 0. The van der Waals surface area contributed by atoms with Crippen molar-refractivity contribution in [2.75, 3.05) is 11.9 Å². The van der Waals surface area contributed by atoms with Gasteiger partial charge in [-0.2, -0.15) is 0 Å². The molecule has 2 fully saturated rings. The van der Waals surface area contributed by atoms with Crippen LogP contribution in [0.2, 0.25) is 0 Å². The number of carbonyl (C=O) groups excluding carboxylic acids is 1. The van der Waals surface area contributed by atoms with Crippen LogP contribution in [-0.4, -0.2) is 12.4 Å². The molecule has 1 aromatic rings. The number of rotatable bonds is 4. The number of hydrogen-bond acceptors (Lipinski definition) is 3. The molecule has 0 amide bonds. The molecule has 0 radical (unpaired) electrons. The van der Waals surface area contributed by atoms with E-state index >= 15 is 0 Å². The Hall–Kier alpha value is -1.77. The number of benzene rings is 1. The van der Waals surface area contributed by atoms with Crippen molar-refractivity contribution in [2.45, 2.75) is 40.5 Å². The SMILES string of the molecule is CCOc1ccc(N/C=C2/C(=O)[C@]3(C)CC[C@H]2C3(C)C)cc1. The Bertz CT molecular complexity index is 615. The number of allylic oxidation sites excluding steroid dienone is 1. The van der Waals surface area contributed by atoms with Crippen molar-refractivity contribution in [3.05, 3.63) is 36.0 Å². The summed E-state index contributed by atoms with van der Waals surface area (Å²) in [6.45, 7) is 9.24. The van der Waals surface area contributed by atoms with Crippen LogP contribution in [0.5, 0.6) is 5.75 Å². The molecule has 22 heavy (non-hydrogen) atoms. The van der Waals surface area contributed by atoms with Gasteiger partial charge in [-0.1, -0.05) is 20.8 Å². The molecule has 3 heteroatoms. The fraction of sp³-hybridized carbons (Fsp3) is 0.526. The number of Topliss-reactive ketones (excluding diaryl/α,β-unsaturated/α-hetero) is 1. The van der Waals surface area contributed by atoms with E-state index in [0.717, 1.165) is 29.9 Å². The van der Waals surface area contributed by atoms with E-state index in [1.54, 1.807) is 0 Å². The molecule has 0 aliphatic heterocycles. The average molecular weight is 299 g/mol. The molecule has 1 aromatic carbocycles. The lowest BCUT2D eigenvalue weighted by atomic mass is 9.70.